The quantitative estimate of drug-likeness (QED) is 0.910. The summed E-state index contributed by atoms with van der Waals surface area (Å²) in [5.74, 6) is 1.34. The van der Waals surface area contributed by atoms with E-state index in [0.717, 1.165) is 36.6 Å². The number of hydrogen-bond donors (Lipinski definition) is 1. The molecule has 20 heavy (non-hydrogen) atoms. The molecule has 2 aromatic rings. The number of aromatic nitrogens is 2. The lowest BCUT2D eigenvalue weighted by Crippen LogP contribution is -2.44. The first-order chi connectivity index (χ1) is 9.16. The van der Waals surface area contributed by atoms with E-state index in [1.807, 2.05) is 12.1 Å². The van der Waals surface area contributed by atoms with E-state index in [-0.39, 0.29) is 17.9 Å². The molecule has 1 aliphatic rings. The Morgan fingerprint density at radius 3 is 2.75 bits per heavy atom. The summed E-state index contributed by atoms with van der Waals surface area (Å²) in [6.45, 7) is 0. The van der Waals surface area contributed by atoms with Crippen LogP contribution in [0, 0.1) is 0 Å². The standard InChI is InChI=1S/C14H16BrN3O.ClH/c15-11-4-1-3-10(9-11)5-6-12-17-13(18-19-12)14(16)7-2-8-14;/h1,3-4,9H,2,5-8,16H2;1H. The molecule has 6 heteroatoms. The van der Waals surface area contributed by atoms with Gasteiger partial charge < -0.3 is 10.3 Å². The predicted molar refractivity (Wildman–Crippen MR) is 82.8 cm³/mol. The Kier molecular flexibility index (Phi) is 4.83. The monoisotopic (exact) mass is 357 g/mol. The van der Waals surface area contributed by atoms with E-state index < -0.39 is 0 Å². The van der Waals surface area contributed by atoms with Gasteiger partial charge in [-0.2, -0.15) is 4.98 Å². The summed E-state index contributed by atoms with van der Waals surface area (Å²) in [5, 5.41) is 4.02. The van der Waals surface area contributed by atoms with Gasteiger partial charge in [-0.15, -0.1) is 12.4 Å². The fourth-order valence-electron chi connectivity index (χ4n) is 2.28. The van der Waals surface area contributed by atoms with Gasteiger partial charge in [-0.05, 0) is 43.4 Å². The van der Waals surface area contributed by atoms with Gasteiger partial charge in [0.25, 0.3) is 0 Å². The fraction of sp³-hybridized carbons (Fsp3) is 0.429. The van der Waals surface area contributed by atoms with E-state index in [1.165, 1.54) is 5.56 Å². The molecule has 0 unspecified atom stereocenters. The number of halogens is 2. The molecule has 0 radical (unpaired) electrons. The molecular formula is C14H17BrClN3O. The van der Waals surface area contributed by atoms with Crippen LogP contribution in [-0.4, -0.2) is 10.1 Å². The molecule has 1 saturated carbocycles. The summed E-state index contributed by atoms with van der Waals surface area (Å²) >= 11 is 3.47. The summed E-state index contributed by atoms with van der Waals surface area (Å²) in [4.78, 5) is 4.43. The van der Waals surface area contributed by atoms with Gasteiger partial charge in [0.15, 0.2) is 5.82 Å². The first-order valence-corrected chi connectivity index (χ1v) is 7.31. The molecular weight excluding hydrogens is 342 g/mol. The smallest absolute Gasteiger partial charge is 0.227 e. The van der Waals surface area contributed by atoms with Crippen molar-refractivity contribution in [1.82, 2.24) is 10.1 Å². The van der Waals surface area contributed by atoms with Crippen molar-refractivity contribution in [3.8, 4) is 0 Å². The van der Waals surface area contributed by atoms with Crippen molar-refractivity contribution in [2.45, 2.75) is 37.6 Å². The number of nitrogens with zero attached hydrogens (tertiary/aromatic N) is 2. The molecule has 0 atom stereocenters. The van der Waals surface area contributed by atoms with Crippen LogP contribution in [0.25, 0.3) is 0 Å². The van der Waals surface area contributed by atoms with Crippen LogP contribution in [-0.2, 0) is 18.4 Å². The summed E-state index contributed by atoms with van der Waals surface area (Å²) < 4.78 is 6.38. The summed E-state index contributed by atoms with van der Waals surface area (Å²) in [6, 6.07) is 8.25. The Morgan fingerprint density at radius 1 is 1.30 bits per heavy atom. The molecule has 1 aromatic carbocycles. The Labute approximate surface area is 132 Å². The minimum absolute atomic E-state index is 0. The van der Waals surface area contributed by atoms with Crippen molar-refractivity contribution in [3.63, 3.8) is 0 Å². The molecule has 1 aromatic heterocycles. The third kappa shape index (κ3) is 3.22. The first kappa shape index (κ1) is 15.5. The molecule has 2 N–H and O–H groups in total. The Morgan fingerprint density at radius 2 is 2.10 bits per heavy atom. The third-order valence-electron chi connectivity index (χ3n) is 3.68. The van der Waals surface area contributed by atoms with Crippen molar-refractivity contribution >= 4 is 28.3 Å². The van der Waals surface area contributed by atoms with Gasteiger partial charge in [-0.1, -0.05) is 33.2 Å². The van der Waals surface area contributed by atoms with Gasteiger partial charge in [-0.3, -0.25) is 0 Å². The average molecular weight is 359 g/mol. The van der Waals surface area contributed by atoms with Crippen LogP contribution in [0.4, 0.5) is 0 Å². The zero-order chi connectivity index (χ0) is 13.3. The van der Waals surface area contributed by atoms with Crippen molar-refractivity contribution < 1.29 is 4.52 Å². The van der Waals surface area contributed by atoms with E-state index in [1.54, 1.807) is 0 Å². The molecule has 4 nitrogen and oxygen atoms in total. The van der Waals surface area contributed by atoms with Crippen LogP contribution in [0.2, 0.25) is 0 Å². The molecule has 1 aliphatic carbocycles. The molecule has 0 saturated heterocycles. The second-order valence-corrected chi connectivity index (χ2v) is 6.07. The average Bonchev–Trinajstić information content (AvgIpc) is 2.83. The van der Waals surface area contributed by atoms with Gasteiger partial charge in [-0.25, -0.2) is 0 Å². The molecule has 0 aliphatic heterocycles. The van der Waals surface area contributed by atoms with Crippen LogP contribution in [0.1, 0.15) is 36.5 Å². The van der Waals surface area contributed by atoms with Crippen LogP contribution in [0.3, 0.4) is 0 Å². The number of rotatable bonds is 4. The zero-order valence-electron chi connectivity index (χ0n) is 11.0. The van der Waals surface area contributed by atoms with Gasteiger partial charge in [0, 0.05) is 10.9 Å². The minimum Gasteiger partial charge on any atom is -0.339 e. The number of nitrogens with two attached hydrogens (primary N) is 1. The summed E-state index contributed by atoms with van der Waals surface area (Å²) in [7, 11) is 0. The topological polar surface area (TPSA) is 64.9 Å². The maximum absolute atomic E-state index is 6.17. The SMILES string of the molecule is Cl.NC1(c2noc(CCc3cccc(Br)c3)n2)CCC1. The van der Waals surface area contributed by atoms with E-state index in [4.69, 9.17) is 10.3 Å². The van der Waals surface area contributed by atoms with Crippen LogP contribution in [0.5, 0.6) is 0 Å². The van der Waals surface area contributed by atoms with Gasteiger partial charge in [0.05, 0.1) is 5.54 Å². The first-order valence-electron chi connectivity index (χ1n) is 6.52. The Hall–Kier alpha value is -0.910. The van der Waals surface area contributed by atoms with Crippen molar-refractivity contribution in [3.05, 3.63) is 46.0 Å². The van der Waals surface area contributed by atoms with E-state index in [2.05, 4.69) is 38.2 Å². The predicted octanol–water partition coefficient (Wildman–Crippen LogP) is 3.38. The lowest BCUT2D eigenvalue weighted by atomic mass is 9.77. The lowest BCUT2D eigenvalue weighted by molar-refractivity contribution is 0.229. The van der Waals surface area contributed by atoms with Crippen LogP contribution >= 0.6 is 28.3 Å². The normalized spacial score (nSPS) is 16.3. The molecule has 108 valence electrons. The third-order valence-corrected chi connectivity index (χ3v) is 4.17. The largest absolute Gasteiger partial charge is 0.339 e. The number of hydrogen-bond acceptors (Lipinski definition) is 4. The van der Waals surface area contributed by atoms with Crippen LogP contribution < -0.4 is 5.73 Å². The molecule has 0 amide bonds. The van der Waals surface area contributed by atoms with E-state index in [9.17, 15) is 0 Å². The maximum Gasteiger partial charge on any atom is 0.227 e. The van der Waals surface area contributed by atoms with Crippen molar-refractivity contribution in [2.24, 2.45) is 5.73 Å². The van der Waals surface area contributed by atoms with E-state index >= 15 is 0 Å². The number of benzene rings is 1. The second-order valence-electron chi connectivity index (χ2n) is 5.15. The second kappa shape index (κ2) is 6.24. The maximum atomic E-state index is 6.17. The van der Waals surface area contributed by atoms with Gasteiger partial charge >= 0.3 is 0 Å². The Bertz CT molecular complexity index is 583. The highest BCUT2D eigenvalue weighted by molar-refractivity contribution is 9.10. The number of aryl methyl sites for hydroxylation is 2. The molecule has 3 rings (SSSR count). The molecule has 0 bridgehead atoms. The minimum atomic E-state index is -0.336. The highest BCUT2D eigenvalue weighted by Gasteiger charge is 2.38. The van der Waals surface area contributed by atoms with Gasteiger partial charge in [0.1, 0.15) is 0 Å². The Balaban J connectivity index is 0.00000147. The van der Waals surface area contributed by atoms with Crippen LogP contribution in [0.15, 0.2) is 33.3 Å². The molecule has 0 spiro atoms. The van der Waals surface area contributed by atoms with Gasteiger partial charge in [0.2, 0.25) is 5.89 Å². The highest BCUT2D eigenvalue weighted by atomic mass is 79.9. The fourth-order valence-corrected chi connectivity index (χ4v) is 2.73. The van der Waals surface area contributed by atoms with Crippen molar-refractivity contribution in [1.29, 1.82) is 0 Å². The van der Waals surface area contributed by atoms with Crippen molar-refractivity contribution in [2.75, 3.05) is 0 Å². The molecule has 1 fully saturated rings. The highest BCUT2D eigenvalue weighted by Crippen LogP contribution is 2.36. The zero-order valence-corrected chi connectivity index (χ0v) is 13.4. The van der Waals surface area contributed by atoms with E-state index in [0.29, 0.717) is 11.7 Å². The molecule has 1 heterocycles. The summed E-state index contributed by atoms with van der Waals surface area (Å²) in [6.07, 6.45) is 4.70. The summed E-state index contributed by atoms with van der Waals surface area (Å²) in [5.41, 5.74) is 7.09. The lowest BCUT2D eigenvalue weighted by Gasteiger charge is -2.34.